The number of benzene rings is 2. The predicted molar refractivity (Wildman–Crippen MR) is 169 cm³/mol. The number of anilines is 1. The molecule has 1 amide bonds. The van der Waals surface area contributed by atoms with Crippen LogP contribution in [0.25, 0.3) is 11.1 Å². The molecule has 236 valence electrons. The molecule has 0 atom stereocenters. The molecule has 0 aliphatic carbocycles. The van der Waals surface area contributed by atoms with E-state index in [9.17, 15) is 18.0 Å². The largest absolute Gasteiger partial charge is 0.473 e. The Morgan fingerprint density at radius 1 is 0.889 bits per heavy atom. The van der Waals surface area contributed by atoms with Crippen molar-refractivity contribution in [2.45, 2.75) is 44.9 Å². The Balaban J connectivity index is 1.70. The first-order valence-electron chi connectivity index (χ1n) is 13.7. The van der Waals surface area contributed by atoms with Gasteiger partial charge in [0.25, 0.3) is 10.0 Å². The summed E-state index contributed by atoms with van der Waals surface area (Å²) in [6.07, 6.45) is 4.22. The van der Waals surface area contributed by atoms with Gasteiger partial charge < -0.3 is 14.2 Å². The lowest BCUT2D eigenvalue weighted by molar-refractivity contribution is -0.142. The summed E-state index contributed by atoms with van der Waals surface area (Å²) < 4.78 is 46.1. The van der Waals surface area contributed by atoms with Crippen LogP contribution < -0.4 is 13.8 Å². The third-order valence-electron chi connectivity index (χ3n) is 6.57. The number of nitrogens with zero attached hydrogens (tertiary/aromatic N) is 5. The molecule has 4 aromatic rings. The number of hydrogen-bond acceptors (Lipinski definition) is 11. The van der Waals surface area contributed by atoms with E-state index in [4.69, 9.17) is 14.2 Å². The fourth-order valence-corrected chi connectivity index (χ4v) is 5.82. The molecule has 0 unspecified atom stereocenters. The van der Waals surface area contributed by atoms with Crippen molar-refractivity contribution < 1.29 is 32.2 Å². The molecule has 0 aliphatic rings. The number of ether oxygens (including phenoxy) is 3. The van der Waals surface area contributed by atoms with Gasteiger partial charge in [0.1, 0.15) is 26.1 Å². The fourth-order valence-electron chi connectivity index (χ4n) is 4.22. The topological polar surface area (TPSA) is 151 Å². The molecule has 4 rings (SSSR count). The van der Waals surface area contributed by atoms with Crippen LogP contribution >= 0.6 is 15.9 Å². The number of sulfonamides is 1. The molecule has 0 N–H and O–H groups in total. The van der Waals surface area contributed by atoms with Gasteiger partial charge in [0, 0.05) is 31.7 Å². The molecule has 12 nitrogen and oxygen atoms in total. The number of aryl methyl sites for hydroxylation is 1. The van der Waals surface area contributed by atoms with Gasteiger partial charge in [-0.05, 0) is 46.1 Å². The Hall–Kier alpha value is -4.43. The van der Waals surface area contributed by atoms with Gasteiger partial charge in [0.2, 0.25) is 11.8 Å². The van der Waals surface area contributed by atoms with E-state index in [1.807, 2.05) is 32.9 Å². The third-order valence-corrected chi connectivity index (χ3v) is 8.76. The number of rotatable bonds is 12. The molecule has 2 heterocycles. The number of aromatic nitrogens is 4. The first-order valence-corrected chi connectivity index (χ1v) is 16.0. The molecule has 0 saturated carbocycles. The van der Waals surface area contributed by atoms with Gasteiger partial charge in [-0.1, -0.05) is 55.8 Å². The second kappa shape index (κ2) is 14.1. The van der Waals surface area contributed by atoms with Crippen molar-refractivity contribution in [3.05, 3.63) is 82.9 Å². The Labute approximate surface area is 270 Å². The molecule has 0 bridgehead atoms. The molecule has 0 aliphatic heterocycles. The van der Waals surface area contributed by atoms with Crippen LogP contribution in [0.15, 0.2) is 76.6 Å². The summed E-state index contributed by atoms with van der Waals surface area (Å²) in [6, 6.07) is 13.4. The van der Waals surface area contributed by atoms with E-state index >= 15 is 0 Å². The number of halogens is 1. The number of amides is 1. The molecule has 2 aromatic carbocycles. The van der Waals surface area contributed by atoms with E-state index in [0.717, 1.165) is 24.4 Å². The number of carbonyl (C=O) groups excluding carboxylic acids is 2. The second-order valence-electron chi connectivity index (χ2n) is 10.6. The molecule has 2 aromatic heterocycles. The van der Waals surface area contributed by atoms with Gasteiger partial charge in [0.05, 0.1) is 14.9 Å². The maximum absolute atomic E-state index is 14.0. The predicted octanol–water partition coefficient (Wildman–Crippen LogP) is 5.04. The van der Waals surface area contributed by atoms with Crippen LogP contribution in [0, 0.1) is 6.92 Å². The highest BCUT2D eigenvalue weighted by Gasteiger charge is 2.34. The fraction of sp³-hybridized carbons (Fsp3) is 0.290. The molecule has 0 spiro atoms. The SMILES string of the molecule is CC(=O)OCC(C)(C)c1ccc(S(=O)(=O)N(C(C)=O)c2ncnc(OCCOc3ncc(Br)cn3)c2-c2ccc(C)cc2)cc1. The molecule has 0 fully saturated rings. The summed E-state index contributed by atoms with van der Waals surface area (Å²) in [6.45, 7) is 8.29. The lowest BCUT2D eigenvalue weighted by atomic mass is 9.86. The monoisotopic (exact) mass is 697 g/mol. The average Bonchev–Trinajstić information content (AvgIpc) is 3.00. The highest BCUT2D eigenvalue weighted by Crippen LogP contribution is 2.38. The summed E-state index contributed by atoms with van der Waals surface area (Å²) >= 11 is 3.27. The van der Waals surface area contributed by atoms with Crippen molar-refractivity contribution in [3.63, 3.8) is 0 Å². The van der Waals surface area contributed by atoms with Crippen LogP contribution in [0.2, 0.25) is 0 Å². The highest BCUT2D eigenvalue weighted by atomic mass is 79.9. The van der Waals surface area contributed by atoms with Gasteiger partial charge in [-0.25, -0.2) is 28.4 Å². The van der Waals surface area contributed by atoms with Crippen LogP contribution in [0.5, 0.6) is 11.9 Å². The lowest BCUT2D eigenvalue weighted by Gasteiger charge is -2.26. The van der Waals surface area contributed by atoms with Gasteiger partial charge >= 0.3 is 12.0 Å². The van der Waals surface area contributed by atoms with E-state index in [-0.39, 0.29) is 48.0 Å². The second-order valence-corrected chi connectivity index (χ2v) is 13.3. The normalized spacial score (nSPS) is 11.5. The molecule has 0 radical (unpaired) electrons. The van der Waals surface area contributed by atoms with E-state index in [2.05, 4.69) is 35.9 Å². The minimum Gasteiger partial charge on any atom is -0.473 e. The highest BCUT2D eigenvalue weighted by molar-refractivity contribution is 9.10. The van der Waals surface area contributed by atoms with Crippen molar-refractivity contribution >= 4 is 43.6 Å². The van der Waals surface area contributed by atoms with Crippen LogP contribution in [0.1, 0.15) is 38.8 Å². The minimum absolute atomic E-state index is 0.00610. The van der Waals surface area contributed by atoms with Gasteiger partial charge in [0.15, 0.2) is 5.82 Å². The van der Waals surface area contributed by atoms with Crippen molar-refractivity contribution in [1.29, 1.82) is 0 Å². The number of carbonyl (C=O) groups is 2. The van der Waals surface area contributed by atoms with Crippen LogP contribution in [-0.4, -0.2) is 60.1 Å². The summed E-state index contributed by atoms with van der Waals surface area (Å²) in [7, 11) is -4.45. The van der Waals surface area contributed by atoms with Crippen molar-refractivity contribution in [2.24, 2.45) is 0 Å². The minimum atomic E-state index is -4.45. The number of esters is 1. The summed E-state index contributed by atoms with van der Waals surface area (Å²) in [5.41, 5.74) is 1.86. The molecule has 0 saturated heterocycles. The smallest absolute Gasteiger partial charge is 0.316 e. The summed E-state index contributed by atoms with van der Waals surface area (Å²) in [5, 5.41) is 0. The third kappa shape index (κ3) is 8.19. The molecular formula is C31H32BrN5O7S. The van der Waals surface area contributed by atoms with E-state index < -0.39 is 27.3 Å². The zero-order valence-electron chi connectivity index (χ0n) is 25.4. The lowest BCUT2D eigenvalue weighted by Crippen LogP contribution is -2.36. The standard InChI is InChI=1S/C31H32BrN5O7S/c1-20-6-8-23(9-7-20)27-28(35-19-36-29(27)42-14-15-43-30-33-16-25(32)17-34-30)37(21(2)38)45(40,41)26-12-10-24(11-13-26)31(4,5)18-44-22(3)39/h6-13,16-17,19H,14-15,18H2,1-5H3. The molecule has 45 heavy (non-hydrogen) atoms. The quantitative estimate of drug-likeness (QED) is 0.145. The average molecular weight is 699 g/mol. The zero-order chi connectivity index (χ0) is 32.8. The van der Waals surface area contributed by atoms with Crippen LogP contribution in [0.4, 0.5) is 5.82 Å². The Bertz CT molecular complexity index is 1770. The van der Waals surface area contributed by atoms with E-state index in [1.54, 1.807) is 36.7 Å². The number of hydrogen-bond donors (Lipinski definition) is 0. The van der Waals surface area contributed by atoms with Crippen LogP contribution in [0.3, 0.4) is 0 Å². The maximum atomic E-state index is 14.0. The first-order chi connectivity index (χ1) is 21.3. The van der Waals surface area contributed by atoms with Crippen molar-refractivity contribution in [2.75, 3.05) is 24.1 Å². The summed E-state index contributed by atoms with van der Waals surface area (Å²) in [5.74, 6) is -1.33. The van der Waals surface area contributed by atoms with Crippen molar-refractivity contribution in [1.82, 2.24) is 19.9 Å². The summed E-state index contributed by atoms with van der Waals surface area (Å²) in [4.78, 5) is 40.9. The van der Waals surface area contributed by atoms with E-state index in [1.165, 1.54) is 19.1 Å². The van der Waals surface area contributed by atoms with E-state index in [0.29, 0.717) is 14.3 Å². The Kier molecular flexibility index (Phi) is 10.5. The van der Waals surface area contributed by atoms with Crippen molar-refractivity contribution in [3.8, 4) is 23.0 Å². The van der Waals surface area contributed by atoms with Gasteiger partial charge in [-0.15, -0.1) is 0 Å². The van der Waals surface area contributed by atoms with Crippen LogP contribution in [-0.2, 0) is 29.8 Å². The Morgan fingerprint density at radius 3 is 2.11 bits per heavy atom. The maximum Gasteiger partial charge on any atom is 0.316 e. The first kappa shape index (κ1) is 33.5. The van der Waals surface area contributed by atoms with Gasteiger partial charge in [-0.3, -0.25) is 9.59 Å². The zero-order valence-corrected chi connectivity index (χ0v) is 27.8. The van der Waals surface area contributed by atoms with Gasteiger partial charge in [-0.2, -0.15) is 4.31 Å². The molecular weight excluding hydrogens is 666 g/mol. The Morgan fingerprint density at radius 2 is 1.51 bits per heavy atom. The molecule has 14 heteroatoms.